The van der Waals surface area contributed by atoms with Crippen molar-refractivity contribution in [3.05, 3.63) is 59.1 Å². The number of hydrogen-bond acceptors (Lipinski definition) is 2. The molecule has 0 bridgehead atoms. The molecule has 2 rings (SSSR count). The van der Waals surface area contributed by atoms with E-state index in [0.717, 1.165) is 6.07 Å². The highest BCUT2D eigenvalue weighted by molar-refractivity contribution is 6.31. The molecular formula is C15H13ClF2N2O2. The van der Waals surface area contributed by atoms with Crippen LogP contribution in [0.2, 0.25) is 5.02 Å². The third-order valence-corrected chi connectivity index (χ3v) is 2.94. The van der Waals surface area contributed by atoms with Gasteiger partial charge in [-0.25, -0.2) is 13.6 Å². The Balaban J connectivity index is 1.71. The minimum atomic E-state index is -0.555. The summed E-state index contributed by atoms with van der Waals surface area (Å²) in [5.74, 6) is -0.392. The second kappa shape index (κ2) is 7.61. The molecule has 4 nitrogen and oxygen atoms in total. The van der Waals surface area contributed by atoms with Crippen LogP contribution in [0.25, 0.3) is 0 Å². The molecule has 0 aliphatic heterocycles. The van der Waals surface area contributed by atoms with Gasteiger partial charge in [0.15, 0.2) is 0 Å². The van der Waals surface area contributed by atoms with E-state index in [4.69, 9.17) is 16.3 Å². The monoisotopic (exact) mass is 326 g/mol. The molecule has 2 aromatic rings. The fraction of sp³-hybridized carbons (Fsp3) is 0.133. The maximum absolute atomic E-state index is 13.0. The van der Waals surface area contributed by atoms with Crippen molar-refractivity contribution in [2.75, 3.05) is 18.5 Å². The van der Waals surface area contributed by atoms with Crippen LogP contribution in [0.5, 0.6) is 5.75 Å². The van der Waals surface area contributed by atoms with Gasteiger partial charge in [-0.05, 0) is 42.5 Å². The molecule has 2 aromatic carbocycles. The molecule has 0 unspecified atom stereocenters. The Bertz CT molecular complexity index is 650. The first-order valence-electron chi connectivity index (χ1n) is 6.43. The molecule has 0 aliphatic carbocycles. The topological polar surface area (TPSA) is 50.4 Å². The smallest absolute Gasteiger partial charge is 0.319 e. The van der Waals surface area contributed by atoms with Crippen LogP contribution < -0.4 is 15.4 Å². The minimum Gasteiger partial charge on any atom is -0.492 e. The van der Waals surface area contributed by atoms with E-state index >= 15 is 0 Å². The summed E-state index contributed by atoms with van der Waals surface area (Å²) >= 11 is 5.61. The van der Waals surface area contributed by atoms with Crippen molar-refractivity contribution in [2.45, 2.75) is 0 Å². The highest BCUT2D eigenvalue weighted by atomic mass is 35.5. The summed E-state index contributed by atoms with van der Waals surface area (Å²) in [6, 6.07) is 8.97. The highest BCUT2D eigenvalue weighted by Gasteiger charge is 2.04. The molecule has 0 spiro atoms. The zero-order valence-electron chi connectivity index (χ0n) is 11.4. The Labute approximate surface area is 131 Å². The lowest BCUT2D eigenvalue weighted by Crippen LogP contribution is -2.32. The van der Waals surface area contributed by atoms with Gasteiger partial charge in [-0.1, -0.05) is 11.6 Å². The van der Waals surface area contributed by atoms with Crippen LogP contribution in [0.15, 0.2) is 42.5 Å². The third-order valence-electron chi connectivity index (χ3n) is 2.65. The van der Waals surface area contributed by atoms with Crippen LogP contribution in [-0.4, -0.2) is 19.2 Å². The van der Waals surface area contributed by atoms with Crippen molar-refractivity contribution in [3.63, 3.8) is 0 Å². The molecule has 0 saturated heterocycles. The number of anilines is 1. The van der Waals surface area contributed by atoms with E-state index in [9.17, 15) is 13.6 Å². The van der Waals surface area contributed by atoms with E-state index in [1.807, 2.05) is 0 Å². The number of nitrogens with one attached hydrogen (secondary N) is 2. The van der Waals surface area contributed by atoms with Crippen molar-refractivity contribution in [2.24, 2.45) is 0 Å². The number of benzene rings is 2. The summed E-state index contributed by atoms with van der Waals surface area (Å²) in [6.07, 6.45) is 0. The molecule has 116 valence electrons. The normalized spacial score (nSPS) is 10.1. The predicted molar refractivity (Wildman–Crippen MR) is 80.3 cm³/mol. The van der Waals surface area contributed by atoms with Gasteiger partial charge in [0, 0.05) is 5.69 Å². The standard InChI is InChI=1S/C15H13ClF2N2O2/c16-13-9-11(3-6-14(13)18)20-15(21)19-7-8-22-12-4-1-10(17)2-5-12/h1-6,9H,7-8H2,(H2,19,20,21). The largest absolute Gasteiger partial charge is 0.492 e. The van der Waals surface area contributed by atoms with Crippen LogP contribution in [0.4, 0.5) is 19.3 Å². The average Bonchev–Trinajstić information content (AvgIpc) is 2.49. The molecule has 0 radical (unpaired) electrons. The molecule has 0 heterocycles. The Morgan fingerprint density at radius 1 is 1.14 bits per heavy atom. The Morgan fingerprint density at radius 2 is 1.86 bits per heavy atom. The first kappa shape index (κ1) is 16.0. The zero-order valence-corrected chi connectivity index (χ0v) is 12.2. The molecule has 0 saturated carbocycles. The molecule has 0 aliphatic rings. The summed E-state index contributed by atoms with van der Waals surface area (Å²) in [6.45, 7) is 0.474. The maximum atomic E-state index is 13.0. The van der Waals surface area contributed by atoms with E-state index in [2.05, 4.69) is 10.6 Å². The van der Waals surface area contributed by atoms with Gasteiger partial charge in [-0.2, -0.15) is 0 Å². The van der Waals surface area contributed by atoms with E-state index < -0.39 is 11.8 Å². The molecular weight excluding hydrogens is 314 g/mol. The van der Waals surface area contributed by atoms with E-state index in [0.29, 0.717) is 11.4 Å². The fourth-order valence-electron chi connectivity index (χ4n) is 1.61. The van der Waals surface area contributed by atoms with Crippen molar-refractivity contribution < 1.29 is 18.3 Å². The quantitative estimate of drug-likeness (QED) is 0.821. The maximum Gasteiger partial charge on any atom is 0.319 e. The third kappa shape index (κ3) is 4.89. The lowest BCUT2D eigenvalue weighted by Gasteiger charge is -2.09. The summed E-state index contributed by atoms with van der Waals surface area (Å²) in [7, 11) is 0. The van der Waals surface area contributed by atoms with Crippen LogP contribution >= 0.6 is 11.6 Å². The number of urea groups is 1. The molecule has 0 atom stereocenters. The minimum absolute atomic E-state index is 0.0718. The Kier molecular flexibility index (Phi) is 5.55. The number of rotatable bonds is 5. The van der Waals surface area contributed by atoms with E-state index in [-0.39, 0.29) is 24.0 Å². The van der Waals surface area contributed by atoms with Gasteiger partial charge in [0.1, 0.15) is 24.0 Å². The van der Waals surface area contributed by atoms with Crippen molar-refractivity contribution in [1.82, 2.24) is 5.32 Å². The van der Waals surface area contributed by atoms with Crippen LogP contribution in [0, 0.1) is 11.6 Å². The lowest BCUT2D eigenvalue weighted by atomic mass is 10.3. The molecule has 0 fully saturated rings. The Morgan fingerprint density at radius 3 is 2.55 bits per heavy atom. The number of carbonyl (C=O) groups is 1. The van der Waals surface area contributed by atoms with Gasteiger partial charge in [0.05, 0.1) is 11.6 Å². The van der Waals surface area contributed by atoms with E-state index in [1.54, 1.807) is 0 Å². The van der Waals surface area contributed by atoms with E-state index in [1.165, 1.54) is 36.4 Å². The SMILES string of the molecule is O=C(NCCOc1ccc(F)cc1)Nc1ccc(F)c(Cl)c1. The van der Waals surface area contributed by atoms with Gasteiger partial charge >= 0.3 is 6.03 Å². The van der Waals surface area contributed by atoms with Crippen molar-refractivity contribution in [3.8, 4) is 5.75 Å². The van der Waals surface area contributed by atoms with Gasteiger partial charge in [-0.15, -0.1) is 0 Å². The van der Waals surface area contributed by atoms with Crippen molar-refractivity contribution in [1.29, 1.82) is 0 Å². The molecule has 22 heavy (non-hydrogen) atoms. The Hall–Kier alpha value is -2.34. The predicted octanol–water partition coefficient (Wildman–Crippen LogP) is 3.82. The van der Waals surface area contributed by atoms with Gasteiger partial charge in [-0.3, -0.25) is 0 Å². The highest BCUT2D eigenvalue weighted by Crippen LogP contribution is 2.19. The number of hydrogen-bond donors (Lipinski definition) is 2. The first-order valence-corrected chi connectivity index (χ1v) is 6.80. The molecule has 0 aromatic heterocycles. The van der Waals surface area contributed by atoms with Gasteiger partial charge in [0.25, 0.3) is 0 Å². The second-order valence-corrected chi connectivity index (χ2v) is 4.72. The van der Waals surface area contributed by atoms with Gasteiger partial charge < -0.3 is 15.4 Å². The fourth-order valence-corrected chi connectivity index (χ4v) is 1.79. The summed E-state index contributed by atoms with van der Waals surface area (Å²) in [4.78, 5) is 11.6. The molecule has 2 amide bonds. The summed E-state index contributed by atoms with van der Waals surface area (Å²) < 4.78 is 31.0. The zero-order chi connectivity index (χ0) is 15.9. The number of amides is 2. The van der Waals surface area contributed by atoms with Gasteiger partial charge in [0.2, 0.25) is 0 Å². The van der Waals surface area contributed by atoms with Crippen molar-refractivity contribution >= 4 is 23.3 Å². The average molecular weight is 327 g/mol. The second-order valence-electron chi connectivity index (χ2n) is 4.31. The van der Waals surface area contributed by atoms with Crippen LogP contribution in [0.3, 0.4) is 0 Å². The molecule has 2 N–H and O–H groups in total. The summed E-state index contributed by atoms with van der Waals surface area (Å²) in [5, 5.41) is 5.00. The number of carbonyl (C=O) groups excluding carboxylic acids is 1. The number of halogens is 3. The first-order chi connectivity index (χ1) is 10.5. The lowest BCUT2D eigenvalue weighted by molar-refractivity contribution is 0.247. The summed E-state index contributed by atoms with van der Waals surface area (Å²) in [5.41, 5.74) is 0.378. The molecule has 7 heteroatoms. The number of ether oxygens (including phenoxy) is 1. The van der Waals surface area contributed by atoms with Crippen LogP contribution in [-0.2, 0) is 0 Å². The van der Waals surface area contributed by atoms with Crippen LogP contribution in [0.1, 0.15) is 0 Å².